The molecule has 15 heteroatoms. The highest BCUT2D eigenvalue weighted by molar-refractivity contribution is 6.06. The van der Waals surface area contributed by atoms with Crippen molar-refractivity contribution in [1.29, 1.82) is 0 Å². The minimum Gasteiger partial charge on any atom is -0.493 e. The van der Waals surface area contributed by atoms with Gasteiger partial charge in [0.1, 0.15) is 35.6 Å². The van der Waals surface area contributed by atoms with Crippen molar-refractivity contribution in [2.45, 2.75) is 102 Å². The molecule has 12 rings (SSSR count). The van der Waals surface area contributed by atoms with Crippen LogP contribution in [-0.2, 0) is 20.7 Å². The summed E-state index contributed by atoms with van der Waals surface area (Å²) >= 11 is 0. The van der Waals surface area contributed by atoms with Crippen LogP contribution >= 0.6 is 0 Å². The van der Waals surface area contributed by atoms with Crippen molar-refractivity contribution in [2.24, 2.45) is 15.9 Å². The predicted molar refractivity (Wildman–Crippen MR) is 276 cm³/mol. The minimum absolute atomic E-state index is 0.0437. The van der Waals surface area contributed by atoms with E-state index in [1.165, 1.54) is 7.11 Å². The van der Waals surface area contributed by atoms with Crippen LogP contribution in [0, 0.1) is 11.7 Å². The van der Waals surface area contributed by atoms with Gasteiger partial charge in [-0.05, 0) is 108 Å². The van der Waals surface area contributed by atoms with Crippen molar-refractivity contribution in [2.75, 3.05) is 39.9 Å². The van der Waals surface area contributed by atoms with Crippen LogP contribution in [0.25, 0.3) is 33.3 Å². The van der Waals surface area contributed by atoms with Crippen LogP contribution < -0.4 is 14.8 Å². The van der Waals surface area contributed by atoms with E-state index in [1.807, 2.05) is 79.5 Å². The van der Waals surface area contributed by atoms with Gasteiger partial charge in [0.15, 0.2) is 0 Å². The summed E-state index contributed by atoms with van der Waals surface area (Å²) in [6, 6.07) is 25.8. The number of nitrogens with zero attached hydrogens (tertiary/aromatic N) is 6. The van der Waals surface area contributed by atoms with Gasteiger partial charge in [0.05, 0.1) is 49.1 Å². The Hall–Kier alpha value is -7.13. The number of fused-ring (bicyclic) bond motifs is 6. The van der Waals surface area contributed by atoms with Gasteiger partial charge < -0.3 is 33.9 Å². The number of hydrogen-bond donors (Lipinski definition) is 1. The molecule has 73 heavy (non-hydrogen) atoms. The molecule has 1 N–H and O–H groups in total. The molecule has 4 aromatic carbocycles. The lowest BCUT2D eigenvalue weighted by Crippen LogP contribution is -2.53. The number of aryl methyl sites for hydroxylation is 1. The Morgan fingerprint density at radius 1 is 0.808 bits per heavy atom. The zero-order chi connectivity index (χ0) is 50.1. The van der Waals surface area contributed by atoms with Crippen molar-refractivity contribution in [3.8, 4) is 22.8 Å². The SMILES string of the molecule is COC(=O)N[C@H](C(=O)N1CCC[C@H]1C1=NC=C(c2cc(F)c3c(c2)OC(c2ccc4c(c2)OCCC4)n2c-3cc3cc(C4=CN=C([C@@H]5C[C@@H](F)CN5C(=O)[C@@H](c5ccccc5)N5CCC5)C4)ccc32)C1)C(C)C. The van der Waals surface area contributed by atoms with Crippen LogP contribution in [0.2, 0.25) is 0 Å². The highest BCUT2D eigenvalue weighted by Gasteiger charge is 2.45. The Morgan fingerprint density at radius 3 is 2.34 bits per heavy atom. The van der Waals surface area contributed by atoms with Gasteiger partial charge in [0.2, 0.25) is 18.0 Å². The maximum atomic E-state index is 17.1. The third-order valence-corrected chi connectivity index (χ3v) is 15.9. The molecular weight excluding hydrogens is 929 g/mol. The molecule has 7 aliphatic rings. The normalized spacial score (nSPS) is 23.0. The second kappa shape index (κ2) is 19.0. The Kier molecular flexibility index (Phi) is 12.2. The van der Waals surface area contributed by atoms with Crippen LogP contribution in [0.5, 0.6) is 11.5 Å². The second-order valence-electron chi connectivity index (χ2n) is 20.8. The van der Waals surface area contributed by atoms with E-state index in [1.54, 1.807) is 17.2 Å². The van der Waals surface area contributed by atoms with Gasteiger partial charge in [-0.3, -0.25) is 24.5 Å². The van der Waals surface area contributed by atoms with E-state index in [2.05, 4.69) is 39.0 Å². The first-order valence-corrected chi connectivity index (χ1v) is 25.8. The number of alkyl carbamates (subject to hydrolysis) is 1. The number of aliphatic imine (C=N–C) groups is 2. The summed E-state index contributed by atoms with van der Waals surface area (Å²) in [5, 5.41) is 3.60. The molecule has 3 amide bonds. The highest BCUT2D eigenvalue weighted by atomic mass is 19.1. The number of nitrogens with one attached hydrogen (secondary N) is 1. The number of rotatable bonds is 11. The average molecular weight is 988 g/mol. The average Bonchev–Trinajstić information content (AvgIpc) is 4.26. The van der Waals surface area contributed by atoms with Crippen LogP contribution in [-0.4, -0.2) is 113 Å². The number of carbonyl (C=O) groups is 3. The number of hydrogen-bond acceptors (Lipinski definition) is 9. The molecule has 0 bridgehead atoms. The van der Waals surface area contributed by atoms with E-state index in [4.69, 9.17) is 24.2 Å². The molecule has 0 saturated carbocycles. The quantitative estimate of drug-likeness (QED) is 0.140. The fourth-order valence-corrected chi connectivity index (χ4v) is 12.0. The summed E-state index contributed by atoms with van der Waals surface area (Å²) in [6.07, 6.45) is 6.69. The monoisotopic (exact) mass is 987 g/mol. The van der Waals surface area contributed by atoms with Gasteiger partial charge in [-0.2, -0.15) is 0 Å². The first kappa shape index (κ1) is 46.9. The van der Waals surface area contributed by atoms with Crippen LogP contribution in [0.3, 0.4) is 0 Å². The summed E-state index contributed by atoms with van der Waals surface area (Å²) in [7, 11) is 1.28. The number of aromatic nitrogens is 1. The Morgan fingerprint density at radius 2 is 1.59 bits per heavy atom. The zero-order valence-electron chi connectivity index (χ0n) is 41.4. The molecule has 376 valence electrons. The number of halogens is 2. The number of carbonyl (C=O) groups excluding carboxylic acids is 3. The molecule has 3 fully saturated rings. The molecule has 1 aromatic heterocycles. The van der Waals surface area contributed by atoms with Crippen molar-refractivity contribution in [3.05, 3.63) is 131 Å². The lowest BCUT2D eigenvalue weighted by molar-refractivity contribution is -0.139. The number of alkyl halides is 1. The highest BCUT2D eigenvalue weighted by Crippen LogP contribution is 2.48. The van der Waals surface area contributed by atoms with E-state index in [0.29, 0.717) is 48.6 Å². The molecule has 0 radical (unpaired) electrons. The Balaban J connectivity index is 0.828. The summed E-state index contributed by atoms with van der Waals surface area (Å²) < 4.78 is 52.5. The summed E-state index contributed by atoms with van der Waals surface area (Å²) in [4.78, 5) is 55.9. The molecule has 3 saturated heterocycles. The van der Waals surface area contributed by atoms with Crippen LogP contribution in [0.1, 0.15) is 98.9 Å². The first-order chi connectivity index (χ1) is 35.5. The van der Waals surface area contributed by atoms with Crippen molar-refractivity contribution in [1.82, 2.24) is 24.6 Å². The number of methoxy groups -OCH3 is 1. The summed E-state index contributed by atoms with van der Waals surface area (Å²) in [5.74, 6) is 0.362. The van der Waals surface area contributed by atoms with Gasteiger partial charge in [-0.1, -0.05) is 62.4 Å². The molecule has 1 unspecified atom stereocenters. The van der Waals surface area contributed by atoms with E-state index in [-0.39, 0.29) is 36.7 Å². The second-order valence-corrected chi connectivity index (χ2v) is 20.8. The van der Waals surface area contributed by atoms with Gasteiger partial charge in [0, 0.05) is 73.7 Å². The Labute approximate surface area is 423 Å². The topological polar surface area (TPSA) is 130 Å². The fraction of sp³-hybridized carbons (Fsp3) is 0.397. The zero-order valence-corrected chi connectivity index (χ0v) is 41.4. The smallest absolute Gasteiger partial charge is 0.407 e. The molecule has 0 spiro atoms. The molecule has 5 aromatic rings. The van der Waals surface area contributed by atoms with E-state index in [9.17, 15) is 14.4 Å². The maximum Gasteiger partial charge on any atom is 0.407 e. The molecule has 6 atom stereocenters. The summed E-state index contributed by atoms with van der Waals surface area (Å²) in [6.45, 7) is 6.65. The summed E-state index contributed by atoms with van der Waals surface area (Å²) in [5.41, 5.74) is 9.74. The number of allylic oxidation sites excluding steroid dienone is 2. The van der Waals surface area contributed by atoms with Crippen molar-refractivity contribution < 1.29 is 37.4 Å². The van der Waals surface area contributed by atoms with E-state index >= 15 is 8.78 Å². The molecule has 13 nitrogen and oxygen atoms in total. The van der Waals surface area contributed by atoms with E-state index < -0.39 is 42.4 Å². The van der Waals surface area contributed by atoms with Gasteiger partial charge in [-0.15, -0.1) is 0 Å². The van der Waals surface area contributed by atoms with Crippen molar-refractivity contribution >= 4 is 51.4 Å². The van der Waals surface area contributed by atoms with Gasteiger partial charge in [0.25, 0.3) is 0 Å². The Bertz CT molecular complexity index is 3180. The lowest BCUT2D eigenvalue weighted by Gasteiger charge is -2.40. The molecule has 0 aliphatic carbocycles. The maximum absolute atomic E-state index is 17.1. The van der Waals surface area contributed by atoms with Crippen LogP contribution in [0.4, 0.5) is 13.6 Å². The number of amides is 3. The van der Waals surface area contributed by atoms with Gasteiger partial charge in [-0.25, -0.2) is 13.6 Å². The third kappa shape index (κ3) is 8.48. The predicted octanol–water partition coefficient (Wildman–Crippen LogP) is 9.84. The number of benzene rings is 4. The number of likely N-dealkylation sites (tertiary alicyclic amines) is 3. The first-order valence-electron chi connectivity index (χ1n) is 25.8. The molecule has 8 heterocycles. The largest absolute Gasteiger partial charge is 0.493 e. The lowest BCUT2D eigenvalue weighted by atomic mass is 9.95. The van der Waals surface area contributed by atoms with Crippen molar-refractivity contribution in [3.63, 3.8) is 0 Å². The van der Waals surface area contributed by atoms with Crippen LogP contribution in [0.15, 0.2) is 107 Å². The standard InChI is InChI=1S/C58H59F2N7O6/c1-33(2)53(63-58(70)71-3)55(68)65-20-7-13-47(65)44-25-41(31-61-44)38-23-43(60)52-49-26-39-22-36(16-17-46(39)67(49)57(73-51(52)28-38)37-15-14-34-12-8-21-72-50(34)27-37)40-24-45(62-30-40)48-29-42(59)32-66(48)56(69)54(64-18-9-19-64)35-10-5-4-6-11-35/h4-6,10-11,14-17,22-23,26-28,30-31,33,42,47-48,53-54,57H,7-9,12-13,18-21,24-25,29,32H2,1-3H3,(H,63,70)/t42-,47+,48+,53+,54-,57?/m1/s1. The molecular formula is C58H59F2N7O6. The minimum atomic E-state index is -1.14. The van der Waals surface area contributed by atoms with E-state index in [0.717, 1.165) is 107 Å². The fourth-order valence-electron chi connectivity index (χ4n) is 12.0. The third-order valence-electron chi connectivity index (χ3n) is 15.9. The molecule has 7 aliphatic heterocycles. The number of ether oxygens (including phenoxy) is 3. The van der Waals surface area contributed by atoms with Gasteiger partial charge >= 0.3 is 6.09 Å².